The lowest BCUT2D eigenvalue weighted by molar-refractivity contribution is -0.143. The summed E-state index contributed by atoms with van der Waals surface area (Å²) in [6.45, 7) is 0.320. The maximum absolute atomic E-state index is 14.0. The molecule has 9 heteroatoms. The molecule has 0 bridgehead atoms. The van der Waals surface area contributed by atoms with Crippen LogP contribution in [0.1, 0.15) is 36.2 Å². The van der Waals surface area contributed by atoms with Crippen molar-refractivity contribution in [2.75, 3.05) is 0 Å². The summed E-state index contributed by atoms with van der Waals surface area (Å²) < 4.78 is 53.0. The first-order valence-electron chi connectivity index (χ1n) is 7.98. The lowest BCUT2D eigenvalue weighted by Crippen LogP contribution is -2.48. The molecule has 148 valence electrons. The number of aromatic nitrogens is 2. The Balaban J connectivity index is 0.00000261. The molecule has 2 aromatic rings. The van der Waals surface area contributed by atoms with E-state index in [4.69, 9.17) is 0 Å². The number of rotatable bonds is 3. The number of hydrogen-bond acceptors (Lipinski definition) is 3. The van der Waals surface area contributed by atoms with Crippen molar-refractivity contribution in [3.05, 3.63) is 52.6 Å². The monoisotopic (exact) mass is 387 g/mol. The first-order chi connectivity index (χ1) is 12.2. The third-order valence-corrected chi connectivity index (χ3v) is 4.96. The van der Waals surface area contributed by atoms with Gasteiger partial charge in [0, 0.05) is 5.69 Å². The van der Waals surface area contributed by atoms with Gasteiger partial charge in [0.1, 0.15) is 12.4 Å². The molecule has 1 heterocycles. The van der Waals surface area contributed by atoms with Gasteiger partial charge < -0.3 is 0 Å². The van der Waals surface area contributed by atoms with E-state index >= 15 is 0 Å². The SMILES string of the molecule is C.Cc1c(F)cccc1C1(C(=O)NO)CCc2c(cnn2CC(F)(F)F)C1. The summed E-state index contributed by atoms with van der Waals surface area (Å²) in [7, 11) is 0. The van der Waals surface area contributed by atoms with Crippen LogP contribution in [0.2, 0.25) is 0 Å². The molecule has 1 aliphatic carbocycles. The van der Waals surface area contributed by atoms with Crippen molar-refractivity contribution in [3.63, 3.8) is 0 Å². The van der Waals surface area contributed by atoms with Crippen molar-refractivity contribution in [2.24, 2.45) is 0 Å². The zero-order valence-corrected chi connectivity index (χ0v) is 13.9. The zero-order valence-electron chi connectivity index (χ0n) is 13.9. The summed E-state index contributed by atoms with van der Waals surface area (Å²) >= 11 is 0. The van der Waals surface area contributed by atoms with Crippen molar-refractivity contribution in [1.29, 1.82) is 0 Å². The van der Waals surface area contributed by atoms with Gasteiger partial charge in [0.05, 0.1) is 11.6 Å². The highest BCUT2D eigenvalue weighted by Crippen LogP contribution is 2.41. The van der Waals surface area contributed by atoms with E-state index in [1.807, 2.05) is 0 Å². The molecule has 1 aromatic carbocycles. The number of hydrogen-bond donors (Lipinski definition) is 2. The Morgan fingerprint density at radius 3 is 2.74 bits per heavy atom. The summed E-state index contributed by atoms with van der Waals surface area (Å²) in [4.78, 5) is 12.5. The number of hydroxylamine groups is 1. The van der Waals surface area contributed by atoms with E-state index in [1.165, 1.54) is 25.3 Å². The van der Waals surface area contributed by atoms with Gasteiger partial charge in [0.25, 0.3) is 5.91 Å². The number of carbonyl (C=O) groups is 1. The Bertz CT molecular complexity index is 848. The molecule has 0 radical (unpaired) electrons. The normalized spacial score (nSPS) is 19.2. The minimum Gasteiger partial charge on any atom is -0.289 e. The molecule has 27 heavy (non-hydrogen) atoms. The van der Waals surface area contributed by atoms with Gasteiger partial charge in [-0.25, -0.2) is 9.87 Å². The fraction of sp³-hybridized carbons (Fsp3) is 0.444. The molecule has 1 amide bonds. The van der Waals surface area contributed by atoms with Gasteiger partial charge in [-0.1, -0.05) is 19.6 Å². The van der Waals surface area contributed by atoms with Crippen LogP contribution in [-0.4, -0.2) is 27.1 Å². The largest absolute Gasteiger partial charge is 0.408 e. The number of nitrogens with one attached hydrogen (secondary N) is 1. The average molecular weight is 387 g/mol. The number of fused-ring (bicyclic) bond motifs is 1. The van der Waals surface area contributed by atoms with Crippen LogP contribution in [0, 0.1) is 12.7 Å². The molecule has 1 aromatic heterocycles. The molecule has 0 spiro atoms. The highest BCUT2D eigenvalue weighted by molar-refractivity contribution is 5.88. The molecule has 5 nitrogen and oxygen atoms in total. The smallest absolute Gasteiger partial charge is 0.289 e. The van der Waals surface area contributed by atoms with Crippen LogP contribution in [0.4, 0.5) is 17.6 Å². The Hall–Kier alpha value is -2.42. The average Bonchev–Trinajstić information content (AvgIpc) is 2.96. The molecular weight excluding hydrogens is 366 g/mol. The molecule has 0 saturated heterocycles. The van der Waals surface area contributed by atoms with E-state index in [1.54, 1.807) is 11.5 Å². The molecule has 0 fully saturated rings. The third kappa shape index (κ3) is 3.69. The van der Waals surface area contributed by atoms with Crippen LogP contribution in [0.5, 0.6) is 0 Å². The van der Waals surface area contributed by atoms with Gasteiger partial charge >= 0.3 is 6.18 Å². The van der Waals surface area contributed by atoms with E-state index in [-0.39, 0.29) is 32.3 Å². The second-order valence-corrected chi connectivity index (χ2v) is 6.50. The Morgan fingerprint density at radius 1 is 1.41 bits per heavy atom. The summed E-state index contributed by atoms with van der Waals surface area (Å²) in [5.74, 6) is -1.22. The summed E-state index contributed by atoms with van der Waals surface area (Å²) in [6.07, 6.45) is -2.81. The van der Waals surface area contributed by atoms with Crippen LogP contribution >= 0.6 is 0 Å². The van der Waals surface area contributed by atoms with E-state index in [2.05, 4.69) is 5.10 Å². The van der Waals surface area contributed by atoms with Gasteiger partial charge in [-0.2, -0.15) is 18.3 Å². The van der Waals surface area contributed by atoms with Crippen molar-refractivity contribution in [1.82, 2.24) is 15.3 Å². The Kier molecular flexibility index (Phi) is 5.65. The number of alkyl halides is 3. The molecule has 1 unspecified atom stereocenters. The van der Waals surface area contributed by atoms with E-state index in [0.29, 0.717) is 16.8 Å². The second-order valence-electron chi connectivity index (χ2n) is 6.50. The third-order valence-electron chi connectivity index (χ3n) is 4.96. The predicted octanol–water partition coefficient (Wildman–Crippen LogP) is 3.46. The second kappa shape index (κ2) is 7.30. The Labute approximate surface area is 154 Å². The summed E-state index contributed by atoms with van der Waals surface area (Å²) in [5.41, 5.74) is 1.90. The number of nitrogens with zero attached hydrogens (tertiary/aromatic N) is 2. The summed E-state index contributed by atoms with van der Waals surface area (Å²) in [5, 5.41) is 13.0. The number of carbonyl (C=O) groups excluding carboxylic acids is 1. The van der Waals surface area contributed by atoms with E-state index in [9.17, 15) is 27.6 Å². The fourth-order valence-electron chi connectivity index (χ4n) is 3.72. The highest BCUT2D eigenvalue weighted by Gasteiger charge is 2.45. The first kappa shape index (κ1) is 20.9. The number of benzene rings is 1. The van der Waals surface area contributed by atoms with Gasteiger partial charge in [-0.15, -0.1) is 0 Å². The maximum Gasteiger partial charge on any atom is 0.408 e. The molecule has 3 rings (SSSR count). The number of amides is 1. The van der Waals surface area contributed by atoms with Crippen molar-refractivity contribution in [2.45, 2.75) is 51.7 Å². The first-order valence-corrected chi connectivity index (χ1v) is 7.98. The Morgan fingerprint density at radius 2 is 2.11 bits per heavy atom. The highest BCUT2D eigenvalue weighted by atomic mass is 19.4. The molecule has 1 atom stereocenters. The minimum absolute atomic E-state index is 0. The minimum atomic E-state index is -4.41. The molecule has 2 N–H and O–H groups in total. The van der Waals surface area contributed by atoms with Gasteiger partial charge in [-0.3, -0.25) is 14.7 Å². The van der Waals surface area contributed by atoms with Crippen molar-refractivity contribution < 1.29 is 27.6 Å². The number of halogens is 4. The topological polar surface area (TPSA) is 67.2 Å². The van der Waals surface area contributed by atoms with Gasteiger partial charge in [0.2, 0.25) is 0 Å². The predicted molar refractivity (Wildman–Crippen MR) is 89.8 cm³/mol. The van der Waals surface area contributed by atoms with Crippen LogP contribution < -0.4 is 5.48 Å². The van der Waals surface area contributed by atoms with Gasteiger partial charge in [-0.05, 0) is 48.9 Å². The zero-order chi connectivity index (χ0) is 19.1. The summed E-state index contributed by atoms with van der Waals surface area (Å²) in [6, 6.07) is 4.32. The molecule has 0 saturated carbocycles. The molecular formula is C18H21F4N3O2. The fourth-order valence-corrected chi connectivity index (χ4v) is 3.72. The van der Waals surface area contributed by atoms with Crippen molar-refractivity contribution >= 4 is 5.91 Å². The van der Waals surface area contributed by atoms with Gasteiger partial charge in [0.15, 0.2) is 0 Å². The van der Waals surface area contributed by atoms with Crippen LogP contribution in [0.15, 0.2) is 24.4 Å². The van der Waals surface area contributed by atoms with Crippen molar-refractivity contribution in [3.8, 4) is 0 Å². The lowest BCUT2D eigenvalue weighted by Gasteiger charge is -2.36. The maximum atomic E-state index is 14.0. The van der Waals surface area contributed by atoms with Crippen LogP contribution in [-0.2, 0) is 29.6 Å². The van der Waals surface area contributed by atoms with E-state index in [0.717, 1.165) is 4.68 Å². The standard InChI is InChI=1S/C17H17F4N3O2.CH4/c1-10-12(3-2-4-13(10)18)16(15(25)23-26)6-5-14-11(7-16)8-22-24(14)9-17(19,20)21;/h2-4,8,26H,5-7,9H2,1H3,(H,23,25);1H4. The van der Waals surface area contributed by atoms with Crippen LogP contribution in [0.3, 0.4) is 0 Å². The molecule has 1 aliphatic rings. The lowest BCUT2D eigenvalue weighted by atomic mass is 9.67. The molecule has 0 aliphatic heterocycles. The van der Waals surface area contributed by atoms with E-state index < -0.39 is 29.9 Å². The van der Waals surface area contributed by atoms with Crippen LogP contribution in [0.25, 0.3) is 0 Å². The quantitative estimate of drug-likeness (QED) is 0.482.